The van der Waals surface area contributed by atoms with Crippen LogP contribution < -0.4 is 10.2 Å². The van der Waals surface area contributed by atoms with Crippen molar-refractivity contribution in [1.29, 1.82) is 0 Å². The van der Waals surface area contributed by atoms with Crippen molar-refractivity contribution in [2.45, 2.75) is 25.8 Å². The zero-order valence-corrected chi connectivity index (χ0v) is 15.3. The second-order valence-electron chi connectivity index (χ2n) is 6.97. The molecule has 1 fully saturated rings. The van der Waals surface area contributed by atoms with Crippen molar-refractivity contribution >= 4 is 11.8 Å². The molecule has 0 atom stereocenters. The number of nitrogens with zero attached hydrogens (tertiary/aromatic N) is 5. The van der Waals surface area contributed by atoms with Gasteiger partial charge in [-0.1, -0.05) is 30.3 Å². The molecule has 27 heavy (non-hydrogen) atoms. The fraction of sp³-hybridized carbons (Fsp3) is 0.333. The van der Waals surface area contributed by atoms with Crippen molar-refractivity contribution in [1.82, 2.24) is 20.2 Å². The minimum Gasteiger partial charge on any atom is -0.365 e. The molecule has 3 aromatic rings. The van der Waals surface area contributed by atoms with Gasteiger partial charge in [-0.25, -0.2) is 0 Å². The van der Waals surface area contributed by atoms with E-state index < -0.39 is 0 Å². The standard InChI is InChI=1S/C21H24N6/c1-2-4-17(5-3-1)14-18-8-12-27(13-9-18)21-25-20(16-24-26-21)23-15-19-6-10-22-11-7-19/h1-7,10-11,16,18H,8-9,12-15H2,(H,23,25,26). The molecule has 0 amide bonds. The van der Waals surface area contributed by atoms with E-state index in [1.807, 2.05) is 12.1 Å². The number of benzene rings is 1. The topological polar surface area (TPSA) is 66.8 Å². The van der Waals surface area contributed by atoms with Gasteiger partial charge in [0.25, 0.3) is 0 Å². The first-order valence-electron chi connectivity index (χ1n) is 9.48. The predicted molar refractivity (Wildman–Crippen MR) is 106 cm³/mol. The molecule has 3 heterocycles. The smallest absolute Gasteiger partial charge is 0.247 e. The summed E-state index contributed by atoms with van der Waals surface area (Å²) in [7, 11) is 0. The molecule has 4 rings (SSSR count). The average Bonchev–Trinajstić information content (AvgIpc) is 2.75. The summed E-state index contributed by atoms with van der Waals surface area (Å²) in [6.07, 6.45) is 8.73. The van der Waals surface area contributed by atoms with Crippen molar-refractivity contribution in [3.63, 3.8) is 0 Å². The van der Waals surface area contributed by atoms with Gasteiger partial charge in [0.2, 0.25) is 5.95 Å². The van der Waals surface area contributed by atoms with Gasteiger partial charge in [0.05, 0.1) is 6.20 Å². The van der Waals surface area contributed by atoms with Gasteiger partial charge in [-0.15, -0.1) is 5.10 Å². The fourth-order valence-corrected chi connectivity index (χ4v) is 3.49. The van der Waals surface area contributed by atoms with Gasteiger partial charge in [-0.2, -0.15) is 10.1 Å². The van der Waals surface area contributed by atoms with Crippen LogP contribution in [0.2, 0.25) is 0 Å². The van der Waals surface area contributed by atoms with E-state index in [1.54, 1.807) is 18.6 Å². The van der Waals surface area contributed by atoms with Gasteiger partial charge in [0.1, 0.15) is 0 Å². The second kappa shape index (κ2) is 8.58. The fourth-order valence-electron chi connectivity index (χ4n) is 3.49. The zero-order chi connectivity index (χ0) is 18.3. The van der Waals surface area contributed by atoms with Gasteiger partial charge in [0, 0.05) is 32.0 Å². The van der Waals surface area contributed by atoms with Crippen molar-refractivity contribution in [3.05, 3.63) is 72.2 Å². The van der Waals surface area contributed by atoms with Gasteiger partial charge >= 0.3 is 0 Å². The van der Waals surface area contributed by atoms with Crippen LogP contribution >= 0.6 is 0 Å². The Morgan fingerprint density at radius 3 is 2.52 bits per heavy atom. The number of nitrogens with one attached hydrogen (secondary N) is 1. The summed E-state index contributed by atoms with van der Waals surface area (Å²) in [6.45, 7) is 2.65. The third-order valence-corrected chi connectivity index (χ3v) is 5.04. The summed E-state index contributed by atoms with van der Waals surface area (Å²) >= 11 is 0. The minimum absolute atomic E-state index is 0.694. The molecule has 1 aromatic carbocycles. The molecule has 0 unspecified atom stereocenters. The molecule has 138 valence electrons. The van der Waals surface area contributed by atoms with E-state index in [1.165, 1.54) is 5.56 Å². The second-order valence-corrected chi connectivity index (χ2v) is 6.97. The van der Waals surface area contributed by atoms with Crippen LogP contribution in [0.25, 0.3) is 0 Å². The molecule has 1 aliphatic rings. The maximum absolute atomic E-state index is 4.65. The number of anilines is 2. The van der Waals surface area contributed by atoms with Crippen LogP contribution in [-0.2, 0) is 13.0 Å². The first kappa shape index (κ1) is 17.4. The molecule has 6 heteroatoms. The van der Waals surface area contributed by atoms with Crippen molar-refractivity contribution < 1.29 is 0 Å². The van der Waals surface area contributed by atoms with Crippen molar-refractivity contribution in [2.75, 3.05) is 23.3 Å². The molecule has 1 saturated heterocycles. The van der Waals surface area contributed by atoms with Crippen LogP contribution in [0, 0.1) is 5.92 Å². The molecule has 0 radical (unpaired) electrons. The van der Waals surface area contributed by atoms with Crippen LogP contribution in [0.5, 0.6) is 0 Å². The van der Waals surface area contributed by atoms with Crippen LogP contribution in [-0.4, -0.2) is 33.3 Å². The summed E-state index contributed by atoms with van der Waals surface area (Å²) in [5, 5.41) is 11.7. The van der Waals surface area contributed by atoms with E-state index in [2.05, 4.69) is 60.7 Å². The Kier molecular flexibility index (Phi) is 5.53. The van der Waals surface area contributed by atoms with Gasteiger partial charge < -0.3 is 10.2 Å². The predicted octanol–water partition coefficient (Wildman–Crippen LogP) is 3.34. The first-order chi connectivity index (χ1) is 13.4. The molecule has 0 aliphatic carbocycles. The normalized spacial score (nSPS) is 14.9. The maximum atomic E-state index is 4.65. The summed E-state index contributed by atoms with van der Waals surface area (Å²) in [5.41, 5.74) is 2.59. The third kappa shape index (κ3) is 4.78. The molecule has 0 bridgehead atoms. The third-order valence-electron chi connectivity index (χ3n) is 5.04. The van der Waals surface area contributed by atoms with E-state index >= 15 is 0 Å². The van der Waals surface area contributed by atoms with Gasteiger partial charge in [0.15, 0.2) is 5.82 Å². The Bertz CT molecular complexity index is 832. The molecule has 0 spiro atoms. The number of aromatic nitrogens is 4. The minimum atomic E-state index is 0.694. The SMILES string of the molecule is c1ccc(CC2CCN(c3nncc(NCc4ccncc4)n3)CC2)cc1. The van der Waals surface area contributed by atoms with Crippen LogP contribution in [0.1, 0.15) is 24.0 Å². The molecule has 0 saturated carbocycles. The Morgan fingerprint density at radius 1 is 0.963 bits per heavy atom. The lowest BCUT2D eigenvalue weighted by molar-refractivity contribution is 0.400. The lowest BCUT2D eigenvalue weighted by Crippen LogP contribution is -2.35. The van der Waals surface area contributed by atoms with Crippen molar-refractivity contribution in [2.24, 2.45) is 5.92 Å². The Labute approximate surface area is 159 Å². The number of hydrogen-bond donors (Lipinski definition) is 1. The van der Waals surface area contributed by atoms with E-state index in [9.17, 15) is 0 Å². The Morgan fingerprint density at radius 2 is 1.74 bits per heavy atom. The van der Waals surface area contributed by atoms with E-state index in [0.29, 0.717) is 12.5 Å². The van der Waals surface area contributed by atoms with Crippen molar-refractivity contribution in [3.8, 4) is 0 Å². The van der Waals surface area contributed by atoms with E-state index in [0.717, 1.165) is 49.7 Å². The average molecular weight is 360 g/mol. The monoisotopic (exact) mass is 360 g/mol. The lowest BCUT2D eigenvalue weighted by Gasteiger charge is -2.31. The van der Waals surface area contributed by atoms with Crippen LogP contribution in [0.3, 0.4) is 0 Å². The molecule has 2 aromatic heterocycles. The molecule has 6 nitrogen and oxygen atoms in total. The largest absolute Gasteiger partial charge is 0.365 e. The first-order valence-corrected chi connectivity index (χ1v) is 9.48. The number of pyridine rings is 1. The van der Waals surface area contributed by atoms with Gasteiger partial charge in [-0.05, 0) is 48.4 Å². The number of hydrogen-bond acceptors (Lipinski definition) is 6. The highest BCUT2D eigenvalue weighted by Gasteiger charge is 2.21. The quantitative estimate of drug-likeness (QED) is 0.727. The highest BCUT2D eigenvalue weighted by atomic mass is 15.3. The summed E-state index contributed by atoms with van der Waals surface area (Å²) < 4.78 is 0. The van der Waals surface area contributed by atoms with Crippen LogP contribution in [0.15, 0.2) is 61.1 Å². The molecular weight excluding hydrogens is 336 g/mol. The van der Waals surface area contributed by atoms with Crippen LogP contribution in [0.4, 0.5) is 11.8 Å². The molecule has 1 N–H and O–H groups in total. The summed E-state index contributed by atoms with van der Waals surface area (Å²) in [6, 6.07) is 14.7. The maximum Gasteiger partial charge on any atom is 0.247 e. The summed E-state index contributed by atoms with van der Waals surface area (Å²) in [5.74, 6) is 2.20. The highest BCUT2D eigenvalue weighted by molar-refractivity contribution is 5.39. The van der Waals surface area contributed by atoms with E-state index in [-0.39, 0.29) is 0 Å². The zero-order valence-electron chi connectivity index (χ0n) is 15.3. The Hall–Kier alpha value is -3.02. The molecular formula is C21H24N6. The molecule has 1 aliphatic heterocycles. The van der Waals surface area contributed by atoms with Gasteiger partial charge in [-0.3, -0.25) is 4.98 Å². The van der Waals surface area contributed by atoms with E-state index in [4.69, 9.17) is 0 Å². The lowest BCUT2D eigenvalue weighted by atomic mass is 9.90. The number of piperidine rings is 1. The summed E-state index contributed by atoms with van der Waals surface area (Å²) in [4.78, 5) is 10.9. The highest BCUT2D eigenvalue weighted by Crippen LogP contribution is 2.24. The number of rotatable bonds is 6. The Balaban J connectivity index is 1.32.